The van der Waals surface area contributed by atoms with Crippen molar-refractivity contribution < 1.29 is 28.0 Å². The van der Waals surface area contributed by atoms with Crippen molar-refractivity contribution in [1.82, 2.24) is 10.6 Å². The molecule has 0 radical (unpaired) electrons. The average molecular weight is 423 g/mol. The Kier molecular flexibility index (Phi) is 8.05. The zero-order chi connectivity index (χ0) is 21.5. The zero-order valence-corrected chi connectivity index (χ0v) is 18.6. The van der Waals surface area contributed by atoms with Crippen molar-refractivity contribution in [2.75, 3.05) is 92.9 Å². The van der Waals surface area contributed by atoms with Crippen LogP contribution in [0.1, 0.15) is 12.8 Å². The Labute approximate surface area is 180 Å². The van der Waals surface area contributed by atoms with Crippen LogP contribution in [0.25, 0.3) is 0 Å². The molecule has 0 atom stereocenters. The number of ether oxygens (including phenoxy) is 2. The van der Waals surface area contributed by atoms with Gasteiger partial charge in [0.1, 0.15) is 26.2 Å². The molecule has 3 aliphatic rings. The van der Waals surface area contributed by atoms with Gasteiger partial charge in [0.15, 0.2) is 0 Å². The first kappa shape index (κ1) is 22.9. The molecule has 168 valence electrons. The van der Waals surface area contributed by atoms with Gasteiger partial charge in [0.25, 0.3) is 0 Å². The maximum absolute atomic E-state index is 12.4. The molecule has 8 heteroatoms. The second kappa shape index (κ2) is 10.5. The number of nitrogens with one attached hydrogen (secondary N) is 2. The van der Waals surface area contributed by atoms with E-state index in [-0.39, 0.29) is 11.6 Å². The van der Waals surface area contributed by atoms with Gasteiger partial charge in [-0.1, -0.05) is 0 Å². The molecule has 2 aliphatic heterocycles. The predicted octanol–water partition coefficient (Wildman–Crippen LogP) is -0.181. The van der Waals surface area contributed by atoms with Gasteiger partial charge in [-0.05, 0) is 0 Å². The smallest absolute Gasteiger partial charge is 0.203 e. The highest BCUT2D eigenvalue weighted by molar-refractivity contribution is 6.19. The number of likely N-dealkylation sites (N-methyl/N-ethyl adjacent to an activating group) is 2. The number of nitrogens with zero attached hydrogens (tertiary/aromatic N) is 2. The molecule has 0 aromatic carbocycles. The summed E-state index contributed by atoms with van der Waals surface area (Å²) < 4.78 is 12.9. The highest BCUT2D eigenvalue weighted by atomic mass is 16.5. The number of morpholine rings is 2. The molecule has 2 N–H and O–H groups in total. The first-order valence-electron chi connectivity index (χ1n) is 11.2. The second-order valence-corrected chi connectivity index (χ2v) is 9.21. The van der Waals surface area contributed by atoms with Gasteiger partial charge in [-0.2, -0.15) is 0 Å². The summed E-state index contributed by atoms with van der Waals surface area (Å²) >= 11 is 0. The Bertz CT molecular complexity index is 619. The van der Waals surface area contributed by atoms with Crippen LogP contribution in [0.5, 0.6) is 0 Å². The van der Waals surface area contributed by atoms with Gasteiger partial charge in [-0.3, -0.25) is 9.59 Å². The minimum absolute atomic E-state index is 0.129. The molecule has 2 fully saturated rings. The van der Waals surface area contributed by atoms with Crippen LogP contribution in [0.4, 0.5) is 0 Å². The van der Waals surface area contributed by atoms with Gasteiger partial charge in [-0.15, -0.1) is 0 Å². The average Bonchev–Trinajstić information content (AvgIpc) is 2.72. The standard InChI is InChI=1S/C22H36N4O4/c1-25(9-13-29-14-10-25)7-3-5-23-19-17-22(28)20(18-21(19)27)24-6-4-8-26(2)11-15-30-16-12-26/h17-18H,3-16H2,1-2H3/p+2. The summed E-state index contributed by atoms with van der Waals surface area (Å²) in [5.74, 6) is -0.257. The third kappa shape index (κ3) is 6.63. The number of allylic oxidation sites excluding steroid dienone is 2. The molecule has 0 amide bonds. The molecule has 3 rings (SSSR count). The fraction of sp³-hybridized carbons (Fsp3) is 0.727. The maximum atomic E-state index is 12.4. The summed E-state index contributed by atoms with van der Waals surface area (Å²) in [5.41, 5.74) is 0.808. The fourth-order valence-electron chi connectivity index (χ4n) is 4.22. The van der Waals surface area contributed by atoms with Crippen LogP contribution in [0.15, 0.2) is 23.5 Å². The normalized spacial score (nSPS) is 23.5. The number of rotatable bonds is 10. The van der Waals surface area contributed by atoms with Crippen molar-refractivity contribution in [3.63, 3.8) is 0 Å². The van der Waals surface area contributed by atoms with E-state index in [0.717, 1.165) is 87.5 Å². The summed E-state index contributed by atoms with van der Waals surface area (Å²) in [7, 11) is 4.50. The monoisotopic (exact) mass is 422 g/mol. The molecule has 30 heavy (non-hydrogen) atoms. The summed E-state index contributed by atoms with van der Waals surface area (Å²) in [6.45, 7) is 10.8. The lowest BCUT2D eigenvalue weighted by Crippen LogP contribution is -2.52. The van der Waals surface area contributed by atoms with Gasteiger partial charge in [0.05, 0.1) is 65.0 Å². The van der Waals surface area contributed by atoms with Gasteiger partial charge in [0.2, 0.25) is 11.6 Å². The molecular weight excluding hydrogens is 384 g/mol. The van der Waals surface area contributed by atoms with Crippen LogP contribution in [-0.4, -0.2) is 113 Å². The van der Waals surface area contributed by atoms with Crippen molar-refractivity contribution in [2.24, 2.45) is 0 Å². The number of carbonyl (C=O) groups excluding carboxylic acids is 2. The van der Waals surface area contributed by atoms with Crippen molar-refractivity contribution >= 4 is 11.6 Å². The second-order valence-electron chi connectivity index (χ2n) is 9.21. The Balaban J connectivity index is 1.36. The van der Waals surface area contributed by atoms with Gasteiger partial charge < -0.3 is 29.1 Å². The number of carbonyl (C=O) groups is 2. The van der Waals surface area contributed by atoms with E-state index in [2.05, 4.69) is 24.7 Å². The van der Waals surface area contributed by atoms with Crippen molar-refractivity contribution in [3.05, 3.63) is 23.5 Å². The van der Waals surface area contributed by atoms with Gasteiger partial charge >= 0.3 is 0 Å². The van der Waals surface area contributed by atoms with Crippen LogP contribution in [0.2, 0.25) is 0 Å². The fourth-order valence-corrected chi connectivity index (χ4v) is 4.22. The lowest BCUT2D eigenvalue weighted by atomic mass is 10.1. The van der Waals surface area contributed by atoms with E-state index in [4.69, 9.17) is 9.47 Å². The van der Waals surface area contributed by atoms with E-state index in [9.17, 15) is 9.59 Å². The molecule has 0 aromatic heterocycles. The molecule has 0 unspecified atom stereocenters. The minimum atomic E-state index is -0.129. The quantitative estimate of drug-likeness (QED) is 0.289. The zero-order valence-electron chi connectivity index (χ0n) is 18.6. The Hall–Kier alpha value is -1.74. The number of ketones is 2. The number of hydrogen-bond acceptors (Lipinski definition) is 6. The summed E-state index contributed by atoms with van der Waals surface area (Å²) in [6.07, 6.45) is 4.77. The van der Waals surface area contributed by atoms with Gasteiger partial charge in [0, 0.05) is 38.1 Å². The molecule has 0 bridgehead atoms. The SMILES string of the molecule is C[N+]1(CCCNC2=CC(=O)C(NCCC[N+]3(C)CCOCC3)=CC2=O)CCOCC1. The summed E-state index contributed by atoms with van der Waals surface area (Å²) in [4.78, 5) is 24.8. The minimum Gasteiger partial charge on any atom is -0.382 e. The third-order valence-electron chi connectivity index (χ3n) is 6.56. The molecule has 2 heterocycles. The van der Waals surface area contributed by atoms with E-state index in [1.54, 1.807) is 0 Å². The summed E-state index contributed by atoms with van der Waals surface area (Å²) in [6, 6.07) is 0. The van der Waals surface area contributed by atoms with Crippen LogP contribution in [-0.2, 0) is 19.1 Å². The van der Waals surface area contributed by atoms with E-state index in [1.165, 1.54) is 12.2 Å². The van der Waals surface area contributed by atoms with Crippen molar-refractivity contribution in [3.8, 4) is 0 Å². The van der Waals surface area contributed by atoms with Crippen LogP contribution in [0.3, 0.4) is 0 Å². The maximum Gasteiger partial charge on any atom is 0.203 e. The van der Waals surface area contributed by atoms with Crippen LogP contribution >= 0.6 is 0 Å². The van der Waals surface area contributed by atoms with Crippen LogP contribution in [0, 0.1) is 0 Å². The molecule has 0 spiro atoms. The van der Waals surface area contributed by atoms with Crippen LogP contribution < -0.4 is 10.6 Å². The highest BCUT2D eigenvalue weighted by Crippen LogP contribution is 2.11. The first-order chi connectivity index (χ1) is 14.4. The molecular formula is C22H38N4O4+2. The number of hydrogen-bond donors (Lipinski definition) is 2. The molecule has 1 aliphatic carbocycles. The molecule has 8 nitrogen and oxygen atoms in total. The van der Waals surface area contributed by atoms with Crippen molar-refractivity contribution in [1.29, 1.82) is 0 Å². The summed E-state index contributed by atoms with van der Waals surface area (Å²) in [5, 5.41) is 6.31. The molecule has 0 saturated carbocycles. The Morgan fingerprint density at radius 3 is 1.47 bits per heavy atom. The van der Waals surface area contributed by atoms with E-state index < -0.39 is 0 Å². The topological polar surface area (TPSA) is 76.7 Å². The molecule has 2 saturated heterocycles. The van der Waals surface area contributed by atoms with Crippen molar-refractivity contribution in [2.45, 2.75) is 12.8 Å². The predicted molar refractivity (Wildman–Crippen MR) is 115 cm³/mol. The largest absolute Gasteiger partial charge is 0.382 e. The Morgan fingerprint density at radius 2 is 1.10 bits per heavy atom. The first-order valence-corrected chi connectivity index (χ1v) is 11.2. The van der Waals surface area contributed by atoms with E-state index >= 15 is 0 Å². The third-order valence-corrected chi connectivity index (χ3v) is 6.56. The van der Waals surface area contributed by atoms with Gasteiger partial charge in [-0.25, -0.2) is 0 Å². The molecule has 0 aromatic rings. The highest BCUT2D eigenvalue weighted by Gasteiger charge is 2.26. The Morgan fingerprint density at radius 1 is 0.733 bits per heavy atom. The number of quaternary nitrogens is 2. The lowest BCUT2D eigenvalue weighted by molar-refractivity contribution is -0.916. The van der Waals surface area contributed by atoms with E-state index in [0.29, 0.717) is 24.5 Å². The van der Waals surface area contributed by atoms with E-state index in [1.807, 2.05) is 0 Å². The lowest BCUT2D eigenvalue weighted by Gasteiger charge is -2.37.